The number of hydrogen-bond acceptors (Lipinski definition) is 3. The summed E-state index contributed by atoms with van der Waals surface area (Å²) < 4.78 is 1.60. The van der Waals surface area contributed by atoms with Crippen LogP contribution in [0.3, 0.4) is 0 Å². The van der Waals surface area contributed by atoms with Crippen LogP contribution in [0.2, 0.25) is 0 Å². The Hall–Kier alpha value is -0.610. The van der Waals surface area contributed by atoms with Crippen molar-refractivity contribution < 1.29 is 5.11 Å². The maximum absolute atomic E-state index is 10.8. The van der Waals surface area contributed by atoms with E-state index >= 15 is 0 Å². The zero-order chi connectivity index (χ0) is 7.40. The Morgan fingerprint density at radius 1 is 1.70 bits per heavy atom. The zero-order valence-corrected chi connectivity index (χ0v) is 6.30. The van der Waals surface area contributed by atoms with E-state index in [0.717, 1.165) is 0 Å². The molecule has 56 valence electrons. The van der Waals surface area contributed by atoms with E-state index in [1.807, 2.05) is 0 Å². The smallest absolute Gasteiger partial charge is 0.307 e. The quantitative estimate of drug-likeness (QED) is 0.689. The summed E-state index contributed by atoms with van der Waals surface area (Å²) in [6, 6.07) is 0. The van der Waals surface area contributed by atoms with Crippen molar-refractivity contribution in [2.45, 2.75) is 13.0 Å². The lowest BCUT2D eigenvalue weighted by Gasteiger charge is -1.95. The van der Waals surface area contributed by atoms with Crippen LogP contribution in [0.1, 0.15) is 6.42 Å². The van der Waals surface area contributed by atoms with Crippen LogP contribution in [0.25, 0.3) is 0 Å². The highest BCUT2D eigenvalue weighted by Crippen LogP contribution is 1.90. The minimum atomic E-state index is 0.0495. The van der Waals surface area contributed by atoms with Crippen molar-refractivity contribution in [1.82, 2.24) is 4.57 Å². The summed E-state index contributed by atoms with van der Waals surface area (Å²) in [6.45, 7) is 0.765. The highest BCUT2D eigenvalue weighted by molar-refractivity contribution is 7.07. The van der Waals surface area contributed by atoms with E-state index in [-0.39, 0.29) is 11.5 Å². The molecule has 3 nitrogen and oxygen atoms in total. The van der Waals surface area contributed by atoms with E-state index in [1.54, 1.807) is 16.1 Å². The Labute approximate surface area is 62.6 Å². The molecule has 0 aromatic carbocycles. The lowest BCUT2D eigenvalue weighted by molar-refractivity contribution is 0.279. The molecule has 1 aromatic rings. The third-order valence-electron chi connectivity index (χ3n) is 1.20. The molecule has 0 saturated heterocycles. The number of rotatable bonds is 3. The van der Waals surface area contributed by atoms with Crippen LogP contribution in [-0.2, 0) is 6.54 Å². The van der Waals surface area contributed by atoms with Crippen molar-refractivity contribution >= 4 is 11.3 Å². The van der Waals surface area contributed by atoms with Crippen molar-refractivity contribution in [1.29, 1.82) is 0 Å². The second-order valence-corrected chi connectivity index (χ2v) is 2.80. The molecule has 0 aliphatic heterocycles. The molecule has 1 aromatic heterocycles. The number of thiazole rings is 1. The van der Waals surface area contributed by atoms with Gasteiger partial charge in [-0.15, -0.1) is 0 Å². The number of aromatic nitrogens is 1. The maximum Gasteiger partial charge on any atom is 0.307 e. The SMILES string of the molecule is O=c1sccn1CCCO. The molecule has 0 amide bonds. The number of hydrogen-bond donors (Lipinski definition) is 1. The molecule has 0 radical (unpaired) electrons. The molecule has 0 atom stereocenters. The Morgan fingerprint density at radius 2 is 2.50 bits per heavy atom. The van der Waals surface area contributed by atoms with Crippen LogP contribution in [0.4, 0.5) is 0 Å². The van der Waals surface area contributed by atoms with Gasteiger partial charge in [-0.25, -0.2) is 0 Å². The zero-order valence-electron chi connectivity index (χ0n) is 5.49. The predicted molar refractivity (Wildman–Crippen MR) is 40.3 cm³/mol. The summed E-state index contributed by atoms with van der Waals surface area (Å²) >= 11 is 1.18. The molecule has 1 heterocycles. The van der Waals surface area contributed by atoms with Crippen LogP contribution < -0.4 is 4.87 Å². The molecule has 0 saturated carbocycles. The summed E-state index contributed by atoms with van der Waals surface area (Å²) in [5, 5.41) is 10.2. The van der Waals surface area contributed by atoms with Gasteiger partial charge < -0.3 is 9.67 Å². The van der Waals surface area contributed by atoms with Gasteiger partial charge in [-0.3, -0.25) is 4.79 Å². The topological polar surface area (TPSA) is 42.2 Å². The van der Waals surface area contributed by atoms with Crippen molar-refractivity contribution in [3.63, 3.8) is 0 Å². The second-order valence-electron chi connectivity index (χ2n) is 1.94. The first kappa shape index (κ1) is 7.50. The van der Waals surface area contributed by atoms with Gasteiger partial charge in [-0.05, 0) is 6.42 Å². The Balaban J connectivity index is 2.57. The number of aliphatic hydroxyl groups is 1. The van der Waals surface area contributed by atoms with Gasteiger partial charge in [0.25, 0.3) is 0 Å². The lowest BCUT2D eigenvalue weighted by atomic mass is 10.4. The molecule has 0 aliphatic carbocycles. The van der Waals surface area contributed by atoms with Crippen molar-refractivity contribution in [2.24, 2.45) is 0 Å². The minimum absolute atomic E-state index is 0.0495. The molecule has 0 spiro atoms. The first-order valence-corrected chi connectivity index (χ1v) is 3.97. The normalized spacial score (nSPS) is 10.1. The first-order chi connectivity index (χ1) is 4.84. The van der Waals surface area contributed by atoms with Crippen LogP contribution in [0.5, 0.6) is 0 Å². The Morgan fingerprint density at radius 3 is 3.00 bits per heavy atom. The molecule has 0 bridgehead atoms. The molecule has 0 unspecified atom stereocenters. The highest BCUT2D eigenvalue weighted by atomic mass is 32.1. The van der Waals surface area contributed by atoms with Gasteiger partial charge in [0.1, 0.15) is 0 Å². The van der Waals surface area contributed by atoms with Gasteiger partial charge in [0, 0.05) is 24.7 Å². The van der Waals surface area contributed by atoms with Gasteiger partial charge in [0.05, 0.1) is 0 Å². The molecular weight excluding hydrogens is 150 g/mol. The number of aliphatic hydroxyl groups excluding tert-OH is 1. The fourth-order valence-corrected chi connectivity index (χ4v) is 1.31. The van der Waals surface area contributed by atoms with E-state index < -0.39 is 0 Å². The Kier molecular flexibility index (Phi) is 2.65. The summed E-state index contributed by atoms with van der Waals surface area (Å²) in [4.78, 5) is 10.9. The van der Waals surface area contributed by atoms with E-state index in [1.165, 1.54) is 11.3 Å². The third kappa shape index (κ3) is 1.68. The van der Waals surface area contributed by atoms with E-state index in [2.05, 4.69) is 0 Å². The Bertz CT molecular complexity index is 240. The molecule has 1 N–H and O–H groups in total. The maximum atomic E-state index is 10.8. The molecule has 0 aliphatic rings. The van der Waals surface area contributed by atoms with Crippen LogP contribution in [-0.4, -0.2) is 16.3 Å². The van der Waals surface area contributed by atoms with Crippen molar-refractivity contribution in [3.05, 3.63) is 21.2 Å². The molecule has 0 fully saturated rings. The summed E-state index contributed by atoms with van der Waals surface area (Å²) in [5.41, 5.74) is 0. The van der Waals surface area contributed by atoms with E-state index in [4.69, 9.17) is 5.11 Å². The van der Waals surface area contributed by atoms with Crippen molar-refractivity contribution in [2.75, 3.05) is 6.61 Å². The second kappa shape index (κ2) is 3.53. The average molecular weight is 159 g/mol. The van der Waals surface area contributed by atoms with Crippen LogP contribution in [0, 0.1) is 0 Å². The fraction of sp³-hybridized carbons (Fsp3) is 0.500. The minimum Gasteiger partial charge on any atom is -0.396 e. The largest absolute Gasteiger partial charge is 0.396 e. The molecule has 10 heavy (non-hydrogen) atoms. The monoisotopic (exact) mass is 159 g/mol. The van der Waals surface area contributed by atoms with Gasteiger partial charge in [0.15, 0.2) is 0 Å². The third-order valence-corrected chi connectivity index (χ3v) is 1.90. The fourth-order valence-electron chi connectivity index (χ4n) is 0.698. The standard InChI is InChI=1S/C6H9NO2S/c8-4-1-2-7-3-5-10-6(7)9/h3,5,8H,1-2,4H2. The average Bonchev–Trinajstić information content (AvgIpc) is 2.31. The first-order valence-electron chi connectivity index (χ1n) is 3.09. The molecule has 4 heteroatoms. The molecule has 1 rings (SSSR count). The van der Waals surface area contributed by atoms with Gasteiger partial charge in [-0.1, -0.05) is 11.3 Å². The van der Waals surface area contributed by atoms with Crippen LogP contribution >= 0.6 is 11.3 Å². The van der Waals surface area contributed by atoms with Gasteiger partial charge >= 0.3 is 4.87 Å². The van der Waals surface area contributed by atoms with E-state index in [0.29, 0.717) is 13.0 Å². The van der Waals surface area contributed by atoms with Crippen LogP contribution in [0.15, 0.2) is 16.4 Å². The predicted octanol–water partition coefficient (Wildman–Crippen LogP) is 0.292. The number of aryl methyl sites for hydroxylation is 1. The van der Waals surface area contributed by atoms with Gasteiger partial charge in [-0.2, -0.15) is 0 Å². The summed E-state index contributed by atoms with van der Waals surface area (Å²) in [6.07, 6.45) is 2.39. The van der Waals surface area contributed by atoms with Gasteiger partial charge in [0.2, 0.25) is 0 Å². The summed E-state index contributed by atoms with van der Waals surface area (Å²) in [7, 11) is 0. The molecular formula is C6H9NO2S. The number of nitrogens with zero attached hydrogens (tertiary/aromatic N) is 1. The highest BCUT2D eigenvalue weighted by Gasteiger charge is 1.93. The van der Waals surface area contributed by atoms with Crippen molar-refractivity contribution in [3.8, 4) is 0 Å². The lowest BCUT2D eigenvalue weighted by Crippen LogP contribution is -2.12. The summed E-state index contributed by atoms with van der Waals surface area (Å²) in [5.74, 6) is 0. The van der Waals surface area contributed by atoms with E-state index in [9.17, 15) is 4.79 Å².